The number of aromatic nitrogens is 2. The molecule has 1 N–H and O–H groups in total. The van der Waals surface area contributed by atoms with Gasteiger partial charge in [0.2, 0.25) is 0 Å². The van der Waals surface area contributed by atoms with Gasteiger partial charge in [-0.2, -0.15) is 5.10 Å². The SMILES string of the molecule is COC(=O)C(C)(CCc1cnn(C)c1)C(=O)O. The van der Waals surface area contributed by atoms with Gasteiger partial charge in [0.25, 0.3) is 0 Å². The number of carboxylic acids is 1. The van der Waals surface area contributed by atoms with E-state index in [-0.39, 0.29) is 6.42 Å². The largest absolute Gasteiger partial charge is 0.480 e. The minimum absolute atomic E-state index is 0.181. The molecule has 1 unspecified atom stereocenters. The number of carbonyl (C=O) groups excluding carboxylic acids is 1. The molecular weight excluding hydrogens is 224 g/mol. The molecule has 0 aliphatic heterocycles. The first-order chi connectivity index (χ1) is 7.90. The van der Waals surface area contributed by atoms with Crippen molar-refractivity contribution in [3.63, 3.8) is 0 Å². The van der Waals surface area contributed by atoms with Gasteiger partial charge < -0.3 is 9.84 Å². The zero-order valence-corrected chi connectivity index (χ0v) is 10.1. The van der Waals surface area contributed by atoms with E-state index < -0.39 is 17.4 Å². The van der Waals surface area contributed by atoms with Crippen LogP contribution in [0.15, 0.2) is 12.4 Å². The lowest BCUT2D eigenvalue weighted by molar-refractivity contribution is -0.166. The fourth-order valence-corrected chi connectivity index (χ4v) is 1.52. The first-order valence-corrected chi connectivity index (χ1v) is 5.19. The van der Waals surface area contributed by atoms with Crippen molar-refractivity contribution >= 4 is 11.9 Å². The Balaban J connectivity index is 2.75. The maximum atomic E-state index is 11.5. The van der Waals surface area contributed by atoms with E-state index in [0.717, 1.165) is 5.56 Å². The third-order valence-electron chi connectivity index (χ3n) is 2.78. The number of aryl methyl sites for hydroxylation is 2. The van der Waals surface area contributed by atoms with E-state index in [2.05, 4.69) is 9.84 Å². The van der Waals surface area contributed by atoms with Gasteiger partial charge in [0.15, 0.2) is 5.41 Å². The summed E-state index contributed by atoms with van der Waals surface area (Å²) in [6.07, 6.45) is 4.09. The summed E-state index contributed by atoms with van der Waals surface area (Å²) >= 11 is 0. The van der Waals surface area contributed by atoms with Crippen LogP contribution >= 0.6 is 0 Å². The molecule has 0 saturated heterocycles. The Kier molecular flexibility index (Phi) is 3.88. The maximum Gasteiger partial charge on any atom is 0.322 e. The standard InChI is InChI=1S/C11H16N2O4/c1-11(9(14)15,10(16)17-3)5-4-8-6-12-13(2)7-8/h6-7H,4-5H2,1-3H3,(H,14,15). The number of nitrogens with zero attached hydrogens (tertiary/aromatic N) is 2. The van der Waals surface area contributed by atoms with E-state index in [1.807, 2.05) is 0 Å². The van der Waals surface area contributed by atoms with E-state index in [1.54, 1.807) is 24.1 Å². The van der Waals surface area contributed by atoms with Gasteiger partial charge in [-0.1, -0.05) is 0 Å². The molecule has 0 spiro atoms. The molecule has 6 heteroatoms. The Morgan fingerprint density at radius 3 is 2.65 bits per heavy atom. The molecule has 1 aromatic heterocycles. The third kappa shape index (κ3) is 2.83. The average Bonchev–Trinajstić information content (AvgIpc) is 2.70. The molecule has 0 bridgehead atoms. The van der Waals surface area contributed by atoms with E-state index in [4.69, 9.17) is 5.11 Å². The van der Waals surface area contributed by atoms with Gasteiger partial charge in [-0.25, -0.2) is 0 Å². The van der Waals surface area contributed by atoms with Crippen LogP contribution in [0.1, 0.15) is 18.9 Å². The van der Waals surface area contributed by atoms with Crippen molar-refractivity contribution in [3.8, 4) is 0 Å². The molecule has 1 heterocycles. The molecule has 1 aromatic rings. The molecule has 17 heavy (non-hydrogen) atoms. The van der Waals surface area contributed by atoms with Crippen molar-refractivity contribution in [3.05, 3.63) is 18.0 Å². The summed E-state index contributed by atoms with van der Waals surface area (Å²) in [5.41, 5.74) is -0.617. The second-order valence-corrected chi connectivity index (χ2v) is 4.15. The summed E-state index contributed by atoms with van der Waals surface area (Å²) in [5.74, 6) is -1.90. The topological polar surface area (TPSA) is 81.4 Å². The Bertz CT molecular complexity index is 427. The van der Waals surface area contributed by atoms with Crippen molar-refractivity contribution in [1.82, 2.24) is 9.78 Å². The second-order valence-electron chi connectivity index (χ2n) is 4.15. The van der Waals surface area contributed by atoms with E-state index >= 15 is 0 Å². The predicted octanol–water partition coefficient (Wildman–Crippen LogP) is 0.617. The first kappa shape index (κ1) is 13.2. The zero-order chi connectivity index (χ0) is 13.1. The second kappa shape index (κ2) is 4.99. The molecular formula is C11H16N2O4. The van der Waals surface area contributed by atoms with Crippen molar-refractivity contribution in [2.24, 2.45) is 12.5 Å². The summed E-state index contributed by atoms with van der Waals surface area (Å²) in [6.45, 7) is 1.37. The van der Waals surface area contributed by atoms with Gasteiger partial charge >= 0.3 is 11.9 Å². The first-order valence-electron chi connectivity index (χ1n) is 5.19. The highest BCUT2D eigenvalue weighted by molar-refractivity contribution is 5.98. The molecule has 0 saturated carbocycles. The summed E-state index contributed by atoms with van der Waals surface area (Å²) in [4.78, 5) is 22.6. The number of carboxylic acid groups (broad SMARTS) is 1. The van der Waals surface area contributed by atoms with Crippen LogP contribution in [0.4, 0.5) is 0 Å². The molecule has 94 valence electrons. The number of aliphatic carboxylic acids is 1. The van der Waals surface area contributed by atoms with Gasteiger partial charge in [-0.15, -0.1) is 0 Å². The van der Waals surface area contributed by atoms with Gasteiger partial charge in [0.05, 0.1) is 13.3 Å². The fourth-order valence-electron chi connectivity index (χ4n) is 1.52. The smallest absolute Gasteiger partial charge is 0.322 e. The molecule has 0 radical (unpaired) electrons. The number of methoxy groups -OCH3 is 1. The Morgan fingerprint density at radius 1 is 1.59 bits per heavy atom. The van der Waals surface area contributed by atoms with E-state index in [1.165, 1.54) is 14.0 Å². The Hall–Kier alpha value is -1.85. The number of rotatable bonds is 5. The number of esters is 1. The van der Waals surface area contributed by atoms with Crippen LogP contribution in [-0.4, -0.2) is 33.9 Å². The molecule has 1 atom stereocenters. The van der Waals surface area contributed by atoms with Gasteiger partial charge in [0, 0.05) is 13.2 Å². The van der Waals surface area contributed by atoms with Gasteiger partial charge in [0.1, 0.15) is 0 Å². The lowest BCUT2D eigenvalue weighted by atomic mass is 9.84. The highest BCUT2D eigenvalue weighted by Crippen LogP contribution is 2.25. The monoisotopic (exact) mass is 240 g/mol. The molecule has 6 nitrogen and oxygen atoms in total. The molecule has 0 aliphatic rings. The maximum absolute atomic E-state index is 11.5. The Morgan fingerprint density at radius 2 is 2.24 bits per heavy atom. The predicted molar refractivity (Wildman–Crippen MR) is 59.3 cm³/mol. The summed E-state index contributed by atoms with van der Waals surface area (Å²) in [5, 5.41) is 13.1. The van der Waals surface area contributed by atoms with Crippen LogP contribution in [0, 0.1) is 5.41 Å². The van der Waals surface area contributed by atoms with Crippen molar-refractivity contribution < 1.29 is 19.4 Å². The average molecular weight is 240 g/mol. The number of ether oxygens (including phenoxy) is 1. The van der Waals surface area contributed by atoms with Crippen LogP contribution in [0.3, 0.4) is 0 Å². The van der Waals surface area contributed by atoms with Crippen LogP contribution in [0.5, 0.6) is 0 Å². The molecule has 0 fully saturated rings. The van der Waals surface area contributed by atoms with Crippen molar-refractivity contribution in [2.45, 2.75) is 19.8 Å². The molecule has 0 aromatic carbocycles. The Labute approximate surface area is 99.2 Å². The van der Waals surface area contributed by atoms with E-state index in [0.29, 0.717) is 6.42 Å². The summed E-state index contributed by atoms with van der Waals surface area (Å²) < 4.78 is 6.16. The van der Waals surface area contributed by atoms with E-state index in [9.17, 15) is 9.59 Å². The van der Waals surface area contributed by atoms with Gasteiger partial charge in [-0.3, -0.25) is 14.3 Å². The number of hydrogen-bond acceptors (Lipinski definition) is 4. The van der Waals surface area contributed by atoms with Crippen molar-refractivity contribution in [1.29, 1.82) is 0 Å². The van der Waals surface area contributed by atoms with Crippen LogP contribution < -0.4 is 0 Å². The number of hydrogen-bond donors (Lipinski definition) is 1. The number of carbonyl (C=O) groups is 2. The third-order valence-corrected chi connectivity index (χ3v) is 2.78. The zero-order valence-electron chi connectivity index (χ0n) is 10.1. The van der Waals surface area contributed by atoms with Gasteiger partial charge in [-0.05, 0) is 25.3 Å². The van der Waals surface area contributed by atoms with Crippen LogP contribution in [0.2, 0.25) is 0 Å². The normalized spacial score (nSPS) is 14.1. The highest BCUT2D eigenvalue weighted by Gasteiger charge is 2.42. The minimum atomic E-state index is -1.51. The minimum Gasteiger partial charge on any atom is -0.480 e. The summed E-state index contributed by atoms with van der Waals surface area (Å²) in [7, 11) is 2.97. The lowest BCUT2D eigenvalue weighted by Gasteiger charge is -2.21. The van der Waals surface area contributed by atoms with Crippen LogP contribution in [-0.2, 0) is 27.8 Å². The highest BCUT2D eigenvalue weighted by atomic mass is 16.5. The van der Waals surface area contributed by atoms with Crippen LogP contribution in [0.25, 0.3) is 0 Å². The van der Waals surface area contributed by atoms with Crippen molar-refractivity contribution in [2.75, 3.05) is 7.11 Å². The molecule has 0 amide bonds. The summed E-state index contributed by atoms with van der Waals surface area (Å²) in [6, 6.07) is 0. The quantitative estimate of drug-likeness (QED) is 0.602. The fraction of sp³-hybridized carbons (Fsp3) is 0.545. The molecule has 1 rings (SSSR count). The molecule has 0 aliphatic carbocycles. The lowest BCUT2D eigenvalue weighted by Crippen LogP contribution is -2.37.